The number of likely N-dealkylation sites (tertiary alicyclic amines) is 1. The molecule has 0 aliphatic carbocycles. The first-order chi connectivity index (χ1) is 24.9. The summed E-state index contributed by atoms with van der Waals surface area (Å²) in [5, 5.41) is 0.662. The molecule has 6 rings (SSSR count). The Hall–Kier alpha value is -4.46. The van der Waals surface area contributed by atoms with Crippen LogP contribution in [0.4, 0.5) is 22.0 Å². The van der Waals surface area contributed by atoms with Gasteiger partial charge in [-0.1, -0.05) is 48.5 Å². The molecular weight excluding hydrogens is 700 g/mol. The first kappa shape index (κ1) is 37.3. The summed E-state index contributed by atoms with van der Waals surface area (Å²) < 4.78 is 75.3. The second-order valence-electron chi connectivity index (χ2n) is 13.0. The van der Waals surface area contributed by atoms with Crippen molar-refractivity contribution in [3.63, 3.8) is 0 Å². The van der Waals surface area contributed by atoms with E-state index in [1.165, 1.54) is 41.7 Å². The van der Waals surface area contributed by atoms with Crippen LogP contribution in [0.1, 0.15) is 40.2 Å². The van der Waals surface area contributed by atoms with E-state index in [2.05, 4.69) is 9.88 Å². The molecule has 52 heavy (non-hydrogen) atoms. The van der Waals surface area contributed by atoms with E-state index in [1.807, 2.05) is 29.2 Å². The van der Waals surface area contributed by atoms with Gasteiger partial charge in [0, 0.05) is 51.1 Å². The fraction of sp³-hybridized carbons (Fsp3) is 0.359. The quantitative estimate of drug-likeness (QED) is 0.123. The van der Waals surface area contributed by atoms with Gasteiger partial charge in [0.25, 0.3) is 0 Å². The molecule has 5 aromatic rings. The van der Waals surface area contributed by atoms with Crippen LogP contribution >= 0.6 is 11.3 Å². The number of amides is 1. The minimum absolute atomic E-state index is 0.0854. The minimum atomic E-state index is -4.42. The van der Waals surface area contributed by atoms with Crippen molar-refractivity contribution in [2.45, 2.75) is 57.9 Å². The van der Waals surface area contributed by atoms with Gasteiger partial charge in [-0.25, -0.2) is 13.8 Å². The van der Waals surface area contributed by atoms with Crippen molar-refractivity contribution < 1.29 is 31.5 Å². The molecule has 1 fully saturated rings. The normalized spacial score (nSPS) is 14.3. The van der Waals surface area contributed by atoms with Crippen LogP contribution in [-0.4, -0.2) is 64.7 Å². The second-order valence-corrected chi connectivity index (χ2v) is 14.2. The summed E-state index contributed by atoms with van der Waals surface area (Å²) in [4.78, 5) is 36.4. The van der Waals surface area contributed by atoms with Gasteiger partial charge in [0.15, 0.2) is 17.3 Å². The van der Waals surface area contributed by atoms with Gasteiger partial charge >= 0.3 is 6.18 Å². The smallest absolute Gasteiger partial charge is 0.383 e. The molecule has 1 amide bonds. The average molecular weight is 739 g/mol. The molecule has 7 nitrogen and oxygen atoms in total. The molecule has 0 bridgehead atoms. The van der Waals surface area contributed by atoms with Gasteiger partial charge in [-0.2, -0.15) is 13.2 Å². The highest BCUT2D eigenvalue weighted by atomic mass is 32.1. The van der Waals surface area contributed by atoms with Crippen molar-refractivity contribution >= 4 is 27.6 Å². The van der Waals surface area contributed by atoms with E-state index < -0.39 is 23.4 Å². The van der Waals surface area contributed by atoms with Crippen LogP contribution in [0.25, 0.3) is 21.5 Å². The lowest BCUT2D eigenvalue weighted by atomic mass is 10.00. The molecule has 1 saturated heterocycles. The zero-order valence-corrected chi connectivity index (χ0v) is 29.7. The summed E-state index contributed by atoms with van der Waals surface area (Å²) in [7, 11) is 1.66. The SMILES string of the molecule is COCCN1CCC(N(Cc2ccc(-c3ccc(C(F)(F)F)cc3)cc2)C(=O)Cn2c(CCc3cccc(F)c3F)cc(=O)c3sc(C)nc32)CC1. The number of hydrogen-bond acceptors (Lipinski definition) is 6. The molecule has 0 atom stereocenters. The zero-order valence-electron chi connectivity index (χ0n) is 28.9. The molecule has 274 valence electrons. The highest BCUT2D eigenvalue weighted by molar-refractivity contribution is 7.18. The van der Waals surface area contributed by atoms with Gasteiger partial charge in [0.1, 0.15) is 11.2 Å². The summed E-state index contributed by atoms with van der Waals surface area (Å²) in [6.45, 7) is 4.92. The van der Waals surface area contributed by atoms with E-state index in [-0.39, 0.29) is 48.9 Å². The number of aryl methyl sites for hydroxylation is 3. The number of aromatic nitrogens is 2. The van der Waals surface area contributed by atoms with Crippen LogP contribution in [-0.2, 0) is 41.6 Å². The minimum Gasteiger partial charge on any atom is -0.383 e. The first-order valence-electron chi connectivity index (χ1n) is 17.1. The number of nitrogens with zero attached hydrogens (tertiary/aromatic N) is 4. The summed E-state index contributed by atoms with van der Waals surface area (Å²) in [5.41, 5.74) is 2.32. The number of piperidine rings is 1. The molecule has 0 N–H and O–H groups in total. The number of alkyl halides is 3. The number of rotatable bonds is 12. The number of hydrogen-bond donors (Lipinski definition) is 0. The van der Waals surface area contributed by atoms with Gasteiger partial charge in [0.2, 0.25) is 11.3 Å². The predicted molar refractivity (Wildman–Crippen MR) is 191 cm³/mol. The lowest BCUT2D eigenvalue weighted by molar-refractivity contribution is -0.137. The van der Waals surface area contributed by atoms with Crippen molar-refractivity contribution in [3.05, 3.63) is 122 Å². The maximum Gasteiger partial charge on any atom is 0.416 e. The van der Waals surface area contributed by atoms with Crippen molar-refractivity contribution in [2.75, 3.05) is 33.4 Å². The van der Waals surface area contributed by atoms with Gasteiger partial charge < -0.3 is 19.1 Å². The summed E-state index contributed by atoms with van der Waals surface area (Å²) >= 11 is 1.24. The molecule has 0 radical (unpaired) electrons. The van der Waals surface area contributed by atoms with E-state index in [0.717, 1.165) is 61.8 Å². The number of ether oxygens (including phenoxy) is 1. The van der Waals surface area contributed by atoms with E-state index in [1.54, 1.807) is 18.6 Å². The Balaban J connectivity index is 1.28. The summed E-state index contributed by atoms with van der Waals surface area (Å²) in [5.74, 6) is -2.08. The fourth-order valence-corrected chi connectivity index (χ4v) is 7.59. The van der Waals surface area contributed by atoms with Crippen LogP contribution in [0, 0.1) is 18.6 Å². The Bertz CT molecular complexity index is 2070. The standard InChI is InChI=1S/C39H39F5N4O3S/c1-25-45-38-37(52-25)34(49)22-32(15-12-29-4-3-5-33(40)36(29)41)48(38)24-35(50)47(31-16-18-46(19-17-31)20-21-51-2)23-26-6-8-27(9-7-26)28-10-13-30(14-11-28)39(42,43)44/h3-11,13-14,22,31H,12,15-21,23-24H2,1-2H3. The molecule has 1 aliphatic rings. The Labute approximate surface area is 302 Å². The van der Waals surface area contributed by atoms with Crippen LogP contribution < -0.4 is 5.43 Å². The zero-order chi connectivity index (χ0) is 37.0. The number of fused-ring (bicyclic) bond motifs is 1. The average Bonchev–Trinajstić information content (AvgIpc) is 3.54. The highest BCUT2D eigenvalue weighted by Gasteiger charge is 2.31. The molecule has 2 aromatic heterocycles. The van der Waals surface area contributed by atoms with Gasteiger partial charge in [-0.05, 0) is 73.1 Å². The monoisotopic (exact) mass is 738 g/mol. The molecule has 0 unspecified atom stereocenters. The molecule has 1 aliphatic heterocycles. The van der Waals surface area contributed by atoms with Crippen molar-refractivity contribution in [1.29, 1.82) is 0 Å². The Morgan fingerprint density at radius 3 is 2.31 bits per heavy atom. The van der Waals surface area contributed by atoms with Crippen LogP contribution in [0.2, 0.25) is 0 Å². The van der Waals surface area contributed by atoms with Gasteiger partial charge in [-0.3, -0.25) is 9.59 Å². The van der Waals surface area contributed by atoms with Crippen LogP contribution in [0.5, 0.6) is 0 Å². The third-order valence-electron chi connectivity index (χ3n) is 9.60. The maximum atomic E-state index is 14.6. The summed E-state index contributed by atoms with van der Waals surface area (Å²) in [6.07, 6.45) is -2.66. The van der Waals surface area contributed by atoms with Gasteiger partial charge in [0.05, 0.1) is 17.2 Å². The number of pyridine rings is 1. The molecular formula is C39H39F5N4O3S. The van der Waals surface area contributed by atoms with Crippen molar-refractivity contribution in [1.82, 2.24) is 19.4 Å². The van der Waals surface area contributed by atoms with Crippen LogP contribution in [0.15, 0.2) is 77.6 Å². The first-order valence-corrected chi connectivity index (χ1v) is 17.9. The van der Waals surface area contributed by atoms with E-state index in [0.29, 0.717) is 33.2 Å². The third kappa shape index (κ3) is 8.59. The van der Waals surface area contributed by atoms with Crippen molar-refractivity contribution in [2.24, 2.45) is 0 Å². The number of carbonyl (C=O) groups excluding carboxylic acids is 1. The number of thiazole rings is 1. The predicted octanol–water partition coefficient (Wildman–Crippen LogP) is 7.66. The topological polar surface area (TPSA) is 67.7 Å². The van der Waals surface area contributed by atoms with E-state index in [4.69, 9.17) is 4.74 Å². The lowest BCUT2D eigenvalue weighted by Crippen LogP contribution is -2.48. The Morgan fingerprint density at radius 1 is 0.981 bits per heavy atom. The Kier molecular flexibility index (Phi) is 11.5. The number of carbonyl (C=O) groups is 1. The number of methoxy groups -OCH3 is 1. The highest BCUT2D eigenvalue weighted by Crippen LogP contribution is 2.31. The molecule has 13 heteroatoms. The lowest BCUT2D eigenvalue weighted by Gasteiger charge is -2.39. The second kappa shape index (κ2) is 16.1. The molecule has 3 heterocycles. The third-order valence-corrected chi connectivity index (χ3v) is 10.6. The fourth-order valence-electron chi connectivity index (χ4n) is 6.75. The van der Waals surface area contributed by atoms with E-state index in [9.17, 15) is 31.5 Å². The van der Waals surface area contributed by atoms with Crippen LogP contribution in [0.3, 0.4) is 0 Å². The van der Waals surface area contributed by atoms with Crippen molar-refractivity contribution in [3.8, 4) is 11.1 Å². The molecule has 0 spiro atoms. The number of halogens is 5. The number of benzene rings is 3. The largest absolute Gasteiger partial charge is 0.416 e. The molecule has 0 saturated carbocycles. The Morgan fingerprint density at radius 2 is 1.65 bits per heavy atom. The molecule has 3 aromatic carbocycles. The van der Waals surface area contributed by atoms with E-state index >= 15 is 0 Å². The summed E-state index contributed by atoms with van der Waals surface area (Å²) in [6, 6.07) is 17.8. The maximum absolute atomic E-state index is 14.6. The van der Waals surface area contributed by atoms with Gasteiger partial charge in [-0.15, -0.1) is 11.3 Å².